The number of benzene rings is 3. The first-order chi connectivity index (χ1) is 16.2. The van der Waals surface area contributed by atoms with Gasteiger partial charge in [-0.05, 0) is 91.9 Å². The molecule has 0 fully saturated rings. The minimum Gasteiger partial charge on any atom is -0.497 e. The summed E-state index contributed by atoms with van der Waals surface area (Å²) in [5.41, 5.74) is 3.39. The Hall–Kier alpha value is -3.36. The average Bonchev–Trinajstić information content (AvgIpc) is 3.25. The molecule has 0 saturated carbocycles. The number of amides is 1. The van der Waals surface area contributed by atoms with E-state index in [1.165, 1.54) is 34.9 Å². The molecule has 0 saturated heterocycles. The summed E-state index contributed by atoms with van der Waals surface area (Å²) in [6.07, 6.45) is 0. The number of hydrogen-bond acceptors (Lipinski definition) is 5. The van der Waals surface area contributed by atoms with Crippen LogP contribution >= 0.6 is 11.3 Å². The zero-order valence-electron chi connectivity index (χ0n) is 19.5. The van der Waals surface area contributed by atoms with Crippen molar-refractivity contribution >= 4 is 48.7 Å². The van der Waals surface area contributed by atoms with Gasteiger partial charge in [-0.3, -0.25) is 9.10 Å². The second-order valence-electron chi connectivity index (χ2n) is 7.95. The number of fused-ring (bicyclic) bond motifs is 1. The second-order valence-corrected chi connectivity index (χ2v) is 10.9. The van der Waals surface area contributed by atoms with Gasteiger partial charge in [0.15, 0.2) is 0 Å². The van der Waals surface area contributed by atoms with Crippen LogP contribution in [0.1, 0.15) is 27.7 Å². The maximum atomic E-state index is 13.3. The maximum Gasteiger partial charge on any atom is 0.265 e. The van der Waals surface area contributed by atoms with Crippen molar-refractivity contribution in [3.05, 3.63) is 82.7 Å². The number of hydrogen-bond donors (Lipinski definition) is 1. The minimum atomic E-state index is -3.76. The molecule has 0 aliphatic rings. The van der Waals surface area contributed by atoms with Crippen LogP contribution in [0.2, 0.25) is 0 Å². The predicted molar refractivity (Wildman–Crippen MR) is 139 cm³/mol. The number of carbonyl (C=O) groups excluding carboxylic acids is 1. The average molecular weight is 495 g/mol. The van der Waals surface area contributed by atoms with Gasteiger partial charge >= 0.3 is 0 Å². The number of sulfonamides is 1. The number of ether oxygens (including phenoxy) is 1. The second kappa shape index (κ2) is 9.48. The quantitative estimate of drug-likeness (QED) is 0.342. The Morgan fingerprint density at radius 1 is 1.00 bits per heavy atom. The van der Waals surface area contributed by atoms with Gasteiger partial charge in [0.05, 0.1) is 22.6 Å². The summed E-state index contributed by atoms with van der Waals surface area (Å²) in [6, 6.07) is 19.5. The van der Waals surface area contributed by atoms with Gasteiger partial charge in [0, 0.05) is 16.9 Å². The van der Waals surface area contributed by atoms with E-state index in [0.717, 1.165) is 26.9 Å². The summed E-state index contributed by atoms with van der Waals surface area (Å²) in [7, 11) is -2.22. The Bertz CT molecular complexity index is 1460. The Labute approximate surface area is 203 Å². The monoisotopic (exact) mass is 494 g/mol. The zero-order valence-corrected chi connectivity index (χ0v) is 21.1. The molecule has 34 heavy (non-hydrogen) atoms. The third-order valence-corrected chi connectivity index (χ3v) is 8.62. The van der Waals surface area contributed by atoms with Crippen molar-refractivity contribution in [2.45, 2.75) is 25.7 Å². The van der Waals surface area contributed by atoms with E-state index in [1.54, 1.807) is 31.2 Å². The highest BCUT2D eigenvalue weighted by Gasteiger charge is 2.24. The number of methoxy groups -OCH3 is 1. The maximum absolute atomic E-state index is 13.3. The van der Waals surface area contributed by atoms with Gasteiger partial charge < -0.3 is 10.1 Å². The minimum absolute atomic E-state index is 0.186. The van der Waals surface area contributed by atoms with E-state index in [-0.39, 0.29) is 17.3 Å². The molecule has 4 rings (SSSR count). The van der Waals surface area contributed by atoms with Crippen LogP contribution < -0.4 is 14.4 Å². The molecular formula is C26H26N2O4S2. The third-order valence-electron chi connectivity index (χ3n) is 5.59. The fourth-order valence-electron chi connectivity index (χ4n) is 3.72. The number of anilines is 2. The van der Waals surface area contributed by atoms with Gasteiger partial charge in [-0.1, -0.05) is 12.1 Å². The van der Waals surface area contributed by atoms with E-state index in [9.17, 15) is 13.2 Å². The van der Waals surface area contributed by atoms with Gasteiger partial charge in [-0.2, -0.15) is 0 Å². The van der Waals surface area contributed by atoms with Gasteiger partial charge in [0.2, 0.25) is 0 Å². The lowest BCUT2D eigenvalue weighted by Crippen LogP contribution is -2.30. The Morgan fingerprint density at radius 3 is 2.41 bits per heavy atom. The van der Waals surface area contributed by atoms with Crippen LogP contribution in [-0.4, -0.2) is 28.0 Å². The third kappa shape index (κ3) is 4.64. The van der Waals surface area contributed by atoms with Crippen molar-refractivity contribution in [2.75, 3.05) is 23.3 Å². The zero-order chi connectivity index (χ0) is 24.5. The van der Waals surface area contributed by atoms with Crippen molar-refractivity contribution in [1.29, 1.82) is 0 Å². The number of carbonyl (C=O) groups is 1. The van der Waals surface area contributed by atoms with E-state index in [2.05, 4.69) is 5.32 Å². The fourth-order valence-corrected chi connectivity index (χ4v) is 6.12. The summed E-state index contributed by atoms with van der Waals surface area (Å²) < 4.78 is 34.0. The molecule has 176 valence electrons. The molecule has 8 heteroatoms. The molecule has 3 aromatic carbocycles. The lowest BCUT2D eigenvalue weighted by molar-refractivity contribution is 0.103. The molecule has 0 unspecified atom stereocenters. The molecule has 0 spiro atoms. The van der Waals surface area contributed by atoms with Crippen molar-refractivity contribution < 1.29 is 17.9 Å². The normalized spacial score (nSPS) is 11.4. The number of nitrogens with zero attached hydrogens (tertiary/aromatic N) is 1. The molecular weight excluding hydrogens is 468 g/mol. The molecule has 0 bridgehead atoms. The molecule has 4 aromatic rings. The van der Waals surface area contributed by atoms with E-state index in [0.29, 0.717) is 16.3 Å². The first-order valence-corrected chi connectivity index (χ1v) is 13.1. The summed E-state index contributed by atoms with van der Waals surface area (Å²) in [5.74, 6) is 0.406. The highest BCUT2D eigenvalue weighted by Crippen LogP contribution is 2.32. The number of aryl methyl sites for hydroxylation is 2. The van der Waals surface area contributed by atoms with Crippen LogP contribution in [0.4, 0.5) is 11.4 Å². The molecule has 1 N–H and O–H groups in total. The van der Waals surface area contributed by atoms with E-state index < -0.39 is 10.0 Å². The van der Waals surface area contributed by atoms with Gasteiger partial charge in [-0.25, -0.2) is 8.42 Å². The Morgan fingerprint density at radius 2 is 1.74 bits per heavy atom. The highest BCUT2D eigenvalue weighted by molar-refractivity contribution is 7.92. The smallest absolute Gasteiger partial charge is 0.265 e. The molecule has 0 aliphatic heterocycles. The molecule has 6 nitrogen and oxygen atoms in total. The summed E-state index contributed by atoms with van der Waals surface area (Å²) in [5, 5.41) is 3.80. The molecule has 0 atom stereocenters. The van der Waals surface area contributed by atoms with Gasteiger partial charge in [0.1, 0.15) is 5.75 Å². The van der Waals surface area contributed by atoms with E-state index >= 15 is 0 Å². The van der Waals surface area contributed by atoms with E-state index in [4.69, 9.17) is 4.74 Å². The Kier molecular flexibility index (Phi) is 6.63. The van der Waals surface area contributed by atoms with Crippen LogP contribution in [0.3, 0.4) is 0 Å². The molecule has 1 amide bonds. The first-order valence-electron chi connectivity index (χ1n) is 10.8. The number of nitrogens with one attached hydrogen (secondary N) is 1. The van der Waals surface area contributed by atoms with E-state index in [1.807, 2.05) is 44.2 Å². The van der Waals surface area contributed by atoms with Crippen LogP contribution in [0.25, 0.3) is 10.1 Å². The largest absolute Gasteiger partial charge is 0.497 e. The molecule has 1 heterocycles. The predicted octanol–water partition coefficient (Wildman–Crippen LogP) is 5.99. The summed E-state index contributed by atoms with van der Waals surface area (Å²) in [6.45, 7) is 6.00. The molecule has 1 aromatic heterocycles. The van der Waals surface area contributed by atoms with Crippen LogP contribution in [0, 0.1) is 13.8 Å². The van der Waals surface area contributed by atoms with Crippen molar-refractivity contribution in [2.24, 2.45) is 0 Å². The fraction of sp³-hybridized carbons (Fsp3) is 0.192. The van der Waals surface area contributed by atoms with Crippen LogP contribution in [0.5, 0.6) is 5.75 Å². The first kappa shape index (κ1) is 23.8. The highest BCUT2D eigenvalue weighted by atomic mass is 32.2. The lowest BCUT2D eigenvalue weighted by atomic mass is 10.1. The Balaban J connectivity index is 1.63. The standard InChI is InChI=1S/C26H26N2O4S2/c1-5-28(34(30,31)22-11-9-21(32-4)10-12-22)20-8-13-24-19(15-20)16-25(33-24)26(29)27-23-14-17(2)6-7-18(23)3/h6-16H,5H2,1-4H3,(H,27,29). The topological polar surface area (TPSA) is 75.7 Å². The van der Waals surface area contributed by atoms with Gasteiger partial charge in [0.25, 0.3) is 15.9 Å². The number of thiophene rings is 1. The van der Waals surface area contributed by atoms with Crippen LogP contribution in [0.15, 0.2) is 71.6 Å². The van der Waals surface area contributed by atoms with Crippen LogP contribution in [-0.2, 0) is 10.0 Å². The summed E-state index contributed by atoms with van der Waals surface area (Å²) in [4.78, 5) is 13.7. The number of rotatable bonds is 7. The van der Waals surface area contributed by atoms with Crippen molar-refractivity contribution in [3.63, 3.8) is 0 Å². The molecule has 0 radical (unpaired) electrons. The van der Waals surface area contributed by atoms with Gasteiger partial charge in [-0.15, -0.1) is 11.3 Å². The lowest BCUT2D eigenvalue weighted by Gasteiger charge is -2.23. The summed E-state index contributed by atoms with van der Waals surface area (Å²) >= 11 is 1.38. The SMILES string of the molecule is CCN(c1ccc2sc(C(=O)Nc3cc(C)ccc3C)cc2c1)S(=O)(=O)c1ccc(OC)cc1. The van der Waals surface area contributed by atoms with Crippen molar-refractivity contribution in [1.82, 2.24) is 0 Å². The molecule has 0 aliphatic carbocycles. The van der Waals surface area contributed by atoms with Crippen molar-refractivity contribution in [3.8, 4) is 5.75 Å².